The Hall–Kier alpha value is 0.0549. The Kier molecular flexibility index (Phi) is 6.22. The Balaban J connectivity index is 3.19. The summed E-state index contributed by atoms with van der Waals surface area (Å²) < 4.78 is 26.3. The number of halogens is 1. The van der Waals surface area contributed by atoms with Crippen molar-refractivity contribution in [2.75, 3.05) is 13.0 Å². The van der Waals surface area contributed by atoms with Crippen LogP contribution in [0.15, 0.2) is 0 Å². The zero-order chi connectivity index (χ0) is 7.11. The Morgan fingerprint density at radius 2 is 2.44 bits per heavy atom. The summed E-state index contributed by atoms with van der Waals surface area (Å²) in [6.07, 6.45) is 0.362. The summed E-state index contributed by atoms with van der Waals surface area (Å²) in [6.45, 7) is -0.494. The number of ether oxygens (including phenoxy) is 1. The first-order valence-electron chi connectivity index (χ1n) is 2.81. The van der Waals surface area contributed by atoms with Crippen molar-refractivity contribution in [3.05, 3.63) is 0 Å². The van der Waals surface area contributed by atoms with Crippen molar-refractivity contribution in [3.63, 3.8) is 0 Å². The van der Waals surface area contributed by atoms with Crippen LogP contribution in [-0.4, -0.2) is 27.0 Å². The number of rotatable bonds is 5. The average molecular weight is 150 g/mol. The van der Waals surface area contributed by atoms with Crippen molar-refractivity contribution >= 4 is 16.3 Å². The molecular weight excluding hydrogens is 141 g/mol. The quantitative estimate of drug-likeness (QED) is 0.424. The van der Waals surface area contributed by atoms with Gasteiger partial charge in [0.2, 0.25) is 0 Å². The molecular formula is C4H9BFO2P. The molecule has 0 saturated carbocycles. The molecule has 1 unspecified atom stereocenters. The lowest BCUT2D eigenvalue weighted by Gasteiger charge is -2.07. The highest BCUT2D eigenvalue weighted by molar-refractivity contribution is 7.23. The molecule has 0 aromatic carbocycles. The lowest BCUT2D eigenvalue weighted by atomic mass is 10.0. The first kappa shape index (κ1) is 9.05. The monoisotopic (exact) mass is 150 g/mol. The Labute approximate surface area is 56.4 Å². The molecule has 0 N–H and O–H groups in total. The standard InChI is InChI=1S/C4H9BFO2P/c5-1-4(2-6)8-3-9-7/h4H,1-3,5H2. The van der Waals surface area contributed by atoms with Gasteiger partial charge in [-0.15, -0.1) is 0 Å². The predicted octanol–water partition coefficient (Wildman–Crippen LogP) is 0.642. The molecule has 0 aliphatic carbocycles. The summed E-state index contributed by atoms with van der Waals surface area (Å²) in [4.78, 5) is 0. The van der Waals surface area contributed by atoms with Crippen LogP contribution in [-0.2, 0) is 9.30 Å². The molecule has 0 amide bonds. The molecule has 0 saturated heterocycles. The SMILES string of the molecule is BCC(CF)OCP=O. The molecule has 0 fully saturated rings. The molecule has 0 aliphatic heterocycles. The van der Waals surface area contributed by atoms with Gasteiger partial charge in [-0.1, -0.05) is 6.32 Å². The highest BCUT2D eigenvalue weighted by Gasteiger charge is 2.03. The van der Waals surface area contributed by atoms with E-state index in [0.29, 0.717) is 6.32 Å². The Morgan fingerprint density at radius 3 is 2.78 bits per heavy atom. The highest BCUT2D eigenvalue weighted by Crippen LogP contribution is 2.01. The van der Waals surface area contributed by atoms with Gasteiger partial charge in [-0.2, -0.15) is 0 Å². The number of alkyl halides is 1. The van der Waals surface area contributed by atoms with E-state index in [1.807, 2.05) is 7.85 Å². The number of hydrogen-bond donors (Lipinski definition) is 0. The van der Waals surface area contributed by atoms with E-state index in [1.165, 1.54) is 0 Å². The molecule has 5 heteroatoms. The predicted molar refractivity (Wildman–Crippen MR) is 36.7 cm³/mol. The van der Waals surface area contributed by atoms with Crippen LogP contribution in [0.3, 0.4) is 0 Å². The molecule has 0 rings (SSSR count). The van der Waals surface area contributed by atoms with Gasteiger partial charge in [0.25, 0.3) is 0 Å². The van der Waals surface area contributed by atoms with E-state index in [0.717, 1.165) is 0 Å². The summed E-state index contributed by atoms with van der Waals surface area (Å²) in [5, 5.41) is 0. The van der Waals surface area contributed by atoms with Gasteiger partial charge < -0.3 is 4.74 Å². The van der Waals surface area contributed by atoms with E-state index in [2.05, 4.69) is 0 Å². The minimum absolute atomic E-state index is 0.0802. The van der Waals surface area contributed by atoms with Crippen LogP contribution in [0, 0.1) is 0 Å². The molecule has 1 atom stereocenters. The van der Waals surface area contributed by atoms with Crippen LogP contribution >= 0.6 is 8.46 Å². The largest absolute Gasteiger partial charge is 0.364 e. The second kappa shape index (κ2) is 6.18. The van der Waals surface area contributed by atoms with Gasteiger partial charge in [0.05, 0.1) is 6.10 Å². The summed E-state index contributed by atoms with van der Waals surface area (Å²) in [5.74, 6) is 0. The van der Waals surface area contributed by atoms with Crippen LogP contribution in [0.5, 0.6) is 0 Å². The van der Waals surface area contributed by atoms with Gasteiger partial charge in [0, 0.05) is 0 Å². The maximum absolute atomic E-state index is 11.8. The van der Waals surface area contributed by atoms with E-state index in [-0.39, 0.29) is 20.9 Å². The smallest absolute Gasteiger partial charge is 0.183 e. The lowest BCUT2D eigenvalue weighted by Crippen LogP contribution is -2.13. The maximum atomic E-state index is 11.8. The normalized spacial score (nSPS) is 13.9. The van der Waals surface area contributed by atoms with E-state index < -0.39 is 6.67 Å². The van der Waals surface area contributed by atoms with Crippen LogP contribution in [0.1, 0.15) is 0 Å². The molecule has 2 nitrogen and oxygen atoms in total. The average Bonchev–Trinajstić information content (AvgIpc) is 1.91. The summed E-state index contributed by atoms with van der Waals surface area (Å²) in [6, 6.07) is 0. The second-order valence-electron chi connectivity index (χ2n) is 1.61. The van der Waals surface area contributed by atoms with Crippen LogP contribution < -0.4 is 0 Å². The third-order valence-corrected chi connectivity index (χ3v) is 1.24. The van der Waals surface area contributed by atoms with Gasteiger partial charge in [0.1, 0.15) is 20.9 Å². The van der Waals surface area contributed by atoms with E-state index >= 15 is 0 Å². The van der Waals surface area contributed by atoms with Crippen molar-refractivity contribution in [2.24, 2.45) is 0 Å². The van der Waals surface area contributed by atoms with E-state index in [4.69, 9.17) is 4.74 Å². The Morgan fingerprint density at radius 1 is 1.78 bits per heavy atom. The second-order valence-corrected chi connectivity index (χ2v) is 2.13. The van der Waals surface area contributed by atoms with Gasteiger partial charge in [0.15, 0.2) is 8.46 Å². The summed E-state index contributed by atoms with van der Waals surface area (Å²) in [7, 11) is 1.75. The van der Waals surface area contributed by atoms with E-state index in [9.17, 15) is 8.96 Å². The van der Waals surface area contributed by atoms with Crippen LogP contribution in [0.25, 0.3) is 0 Å². The summed E-state index contributed by atoms with van der Waals surface area (Å²) >= 11 is 0. The molecule has 0 aromatic rings. The lowest BCUT2D eigenvalue weighted by molar-refractivity contribution is 0.0812. The molecule has 52 valence electrons. The van der Waals surface area contributed by atoms with E-state index in [1.54, 1.807) is 0 Å². The zero-order valence-electron chi connectivity index (χ0n) is 5.34. The van der Waals surface area contributed by atoms with Gasteiger partial charge in [-0.05, 0) is 0 Å². The molecule has 0 aromatic heterocycles. The molecule has 0 heterocycles. The van der Waals surface area contributed by atoms with Crippen molar-refractivity contribution in [3.8, 4) is 0 Å². The fourth-order valence-electron chi connectivity index (χ4n) is 0.407. The molecule has 9 heavy (non-hydrogen) atoms. The Bertz CT molecular complexity index is 79.0. The fraction of sp³-hybridized carbons (Fsp3) is 1.00. The van der Waals surface area contributed by atoms with Crippen molar-refractivity contribution in [2.45, 2.75) is 12.4 Å². The van der Waals surface area contributed by atoms with Gasteiger partial charge >= 0.3 is 0 Å². The minimum atomic E-state index is -0.494. The number of hydrogen-bond acceptors (Lipinski definition) is 2. The van der Waals surface area contributed by atoms with Crippen molar-refractivity contribution < 1.29 is 13.7 Å². The van der Waals surface area contributed by atoms with Crippen molar-refractivity contribution in [1.29, 1.82) is 0 Å². The van der Waals surface area contributed by atoms with Crippen LogP contribution in [0.2, 0.25) is 6.32 Å². The first-order valence-corrected chi connectivity index (χ1v) is 3.81. The molecule has 0 aliphatic rings. The van der Waals surface area contributed by atoms with Crippen LogP contribution in [0.4, 0.5) is 4.39 Å². The first-order chi connectivity index (χ1) is 4.35. The topological polar surface area (TPSA) is 26.3 Å². The zero-order valence-corrected chi connectivity index (χ0v) is 6.23. The van der Waals surface area contributed by atoms with Gasteiger partial charge in [-0.25, -0.2) is 4.39 Å². The molecule has 0 radical (unpaired) electrons. The highest BCUT2D eigenvalue weighted by atomic mass is 31.1. The summed E-state index contributed by atoms with van der Waals surface area (Å²) in [5.41, 5.74) is 0. The molecule has 0 bridgehead atoms. The van der Waals surface area contributed by atoms with Gasteiger partial charge in [-0.3, -0.25) is 4.57 Å². The maximum Gasteiger partial charge on any atom is 0.183 e. The third-order valence-electron chi connectivity index (χ3n) is 0.990. The fourth-order valence-corrected chi connectivity index (χ4v) is 0.679. The van der Waals surface area contributed by atoms with Crippen molar-refractivity contribution in [1.82, 2.24) is 0 Å². The third kappa shape index (κ3) is 4.55. The minimum Gasteiger partial charge on any atom is -0.364 e. The molecule has 0 spiro atoms.